The van der Waals surface area contributed by atoms with Crippen LogP contribution in [0.15, 0.2) is 24.3 Å². The summed E-state index contributed by atoms with van der Waals surface area (Å²) in [5, 5.41) is 8.17. The Balaban J connectivity index is 2.60. The molecule has 1 heterocycles. The Hall–Kier alpha value is -1.71. The fourth-order valence-corrected chi connectivity index (χ4v) is 1.41. The largest absolute Gasteiger partial charge is 0.206 e. The lowest BCUT2D eigenvalue weighted by Crippen LogP contribution is -1.92. The predicted molar refractivity (Wildman–Crippen MR) is 51.1 cm³/mol. The van der Waals surface area contributed by atoms with E-state index < -0.39 is 0 Å². The Morgan fingerprint density at radius 3 is 2.50 bits per heavy atom. The summed E-state index contributed by atoms with van der Waals surface area (Å²) in [5.41, 5.74) is 1.83. The number of aromatic nitrogens is 3. The van der Waals surface area contributed by atoms with E-state index in [0.717, 1.165) is 5.69 Å². The van der Waals surface area contributed by atoms with E-state index in [1.54, 1.807) is 25.2 Å². The minimum absolute atomic E-state index is 0.267. The van der Waals surface area contributed by atoms with Crippen molar-refractivity contribution in [2.75, 3.05) is 0 Å². The second-order valence-corrected chi connectivity index (χ2v) is 3.10. The first-order valence-electron chi connectivity index (χ1n) is 4.31. The zero-order valence-corrected chi connectivity index (χ0v) is 8.03. The lowest BCUT2D eigenvalue weighted by Gasteiger charge is -1.98. The third-order valence-electron chi connectivity index (χ3n) is 2.01. The Labute approximate surface area is 81.2 Å². The molecule has 0 N–H and O–H groups in total. The molecule has 0 spiro atoms. The highest BCUT2D eigenvalue weighted by molar-refractivity contribution is 5.61. The van der Waals surface area contributed by atoms with Gasteiger partial charge in [-0.1, -0.05) is 12.1 Å². The summed E-state index contributed by atoms with van der Waals surface area (Å²) in [6.07, 6.45) is 0. The smallest absolute Gasteiger partial charge is 0.132 e. The standard InChI is InChI=1S/C10H10FN3/c1-7-10(13-14(2)12-7)8-5-3-4-6-9(8)11/h3-6H,1-2H3. The average molecular weight is 191 g/mol. The highest BCUT2D eigenvalue weighted by atomic mass is 19.1. The molecule has 0 bridgehead atoms. The molecule has 0 saturated carbocycles. The van der Waals surface area contributed by atoms with Crippen molar-refractivity contribution in [1.82, 2.24) is 15.0 Å². The first-order valence-corrected chi connectivity index (χ1v) is 4.31. The minimum atomic E-state index is -0.267. The van der Waals surface area contributed by atoms with Gasteiger partial charge in [-0.3, -0.25) is 0 Å². The first-order chi connectivity index (χ1) is 6.68. The molecule has 4 heteroatoms. The van der Waals surface area contributed by atoms with Crippen LogP contribution in [0.2, 0.25) is 0 Å². The van der Waals surface area contributed by atoms with Crippen LogP contribution < -0.4 is 0 Å². The second kappa shape index (κ2) is 3.21. The molecule has 72 valence electrons. The summed E-state index contributed by atoms with van der Waals surface area (Å²) in [5.74, 6) is -0.267. The average Bonchev–Trinajstić information content (AvgIpc) is 2.46. The van der Waals surface area contributed by atoms with Crippen molar-refractivity contribution in [2.45, 2.75) is 6.92 Å². The van der Waals surface area contributed by atoms with Crippen LogP contribution in [0.3, 0.4) is 0 Å². The number of halogens is 1. The molecule has 0 radical (unpaired) electrons. The van der Waals surface area contributed by atoms with Gasteiger partial charge in [-0.15, -0.1) is 0 Å². The molecule has 0 fully saturated rings. The van der Waals surface area contributed by atoms with Gasteiger partial charge < -0.3 is 0 Å². The molecule has 0 aliphatic carbocycles. The van der Waals surface area contributed by atoms with Gasteiger partial charge in [-0.05, 0) is 19.1 Å². The van der Waals surface area contributed by atoms with Crippen LogP contribution in [-0.2, 0) is 7.05 Å². The summed E-state index contributed by atoms with van der Waals surface area (Å²) in [4.78, 5) is 1.44. The number of nitrogens with zero attached hydrogens (tertiary/aromatic N) is 3. The summed E-state index contributed by atoms with van der Waals surface area (Å²) >= 11 is 0. The summed E-state index contributed by atoms with van der Waals surface area (Å²) in [7, 11) is 1.72. The Morgan fingerprint density at radius 1 is 1.21 bits per heavy atom. The Morgan fingerprint density at radius 2 is 1.93 bits per heavy atom. The molecule has 0 unspecified atom stereocenters. The van der Waals surface area contributed by atoms with E-state index >= 15 is 0 Å². The molecular weight excluding hydrogens is 181 g/mol. The van der Waals surface area contributed by atoms with Crippen LogP contribution >= 0.6 is 0 Å². The van der Waals surface area contributed by atoms with Gasteiger partial charge in [0, 0.05) is 12.6 Å². The fourth-order valence-electron chi connectivity index (χ4n) is 1.41. The molecule has 0 atom stereocenters. The molecule has 2 aromatic rings. The van der Waals surface area contributed by atoms with Gasteiger partial charge in [0.05, 0.1) is 5.69 Å². The highest BCUT2D eigenvalue weighted by Gasteiger charge is 2.11. The van der Waals surface area contributed by atoms with E-state index in [1.165, 1.54) is 10.9 Å². The van der Waals surface area contributed by atoms with Crippen LogP contribution in [0.25, 0.3) is 11.3 Å². The number of benzene rings is 1. The topological polar surface area (TPSA) is 30.7 Å². The first kappa shape index (κ1) is 8.87. The summed E-state index contributed by atoms with van der Waals surface area (Å²) in [6, 6.07) is 6.56. The van der Waals surface area contributed by atoms with Crippen LogP contribution in [0.5, 0.6) is 0 Å². The molecule has 1 aromatic carbocycles. The van der Waals surface area contributed by atoms with Crippen LogP contribution in [0, 0.1) is 12.7 Å². The third kappa shape index (κ3) is 1.39. The lowest BCUT2D eigenvalue weighted by molar-refractivity contribution is 0.627. The molecule has 1 aromatic heterocycles. The van der Waals surface area contributed by atoms with Crippen LogP contribution in [0.4, 0.5) is 4.39 Å². The molecule has 2 rings (SSSR count). The molecule has 3 nitrogen and oxygen atoms in total. The maximum absolute atomic E-state index is 13.4. The number of rotatable bonds is 1. The third-order valence-corrected chi connectivity index (χ3v) is 2.01. The quantitative estimate of drug-likeness (QED) is 0.689. The van der Waals surface area contributed by atoms with Gasteiger partial charge in [0.15, 0.2) is 0 Å². The minimum Gasteiger partial charge on any atom is -0.206 e. The van der Waals surface area contributed by atoms with Gasteiger partial charge in [-0.2, -0.15) is 15.0 Å². The maximum atomic E-state index is 13.4. The monoisotopic (exact) mass is 191 g/mol. The van der Waals surface area contributed by atoms with Crippen molar-refractivity contribution in [3.8, 4) is 11.3 Å². The van der Waals surface area contributed by atoms with Crippen molar-refractivity contribution in [3.05, 3.63) is 35.8 Å². The van der Waals surface area contributed by atoms with Gasteiger partial charge >= 0.3 is 0 Å². The van der Waals surface area contributed by atoms with Crippen molar-refractivity contribution in [2.24, 2.45) is 7.05 Å². The van der Waals surface area contributed by atoms with Gasteiger partial charge in [0.25, 0.3) is 0 Å². The Kier molecular flexibility index (Phi) is 2.04. The van der Waals surface area contributed by atoms with Crippen LogP contribution in [0.1, 0.15) is 5.69 Å². The second-order valence-electron chi connectivity index (χ2n) is 3.10. The molecule has 0 aliphatic rings. The fraction of sp³-hybridized carbons (Fsp3) is 0.200. The summed E-state index contributed by atoms with van der Waals surface area (Å²) < 4.78 is 13.4. The molecule has 0 aliphatic heterocycles. The van der Waals surface area contributed by atoms with Gasteiger partial charge in [-0.25, -0.2) is 4.39 Å². The zero-order chi connectivity index (χ0) is 10.1. The van der Waals surface area contributed by atoms with Gasteiger partial charge in [0.2, 0.25) is 0 Å². The number of hydrogen-bond donors (Lipinski definition) is 0. The van der Waals surface area contributed by atoms with E-state index in [0.29, 0.717) is 11.3 Å². The number of hydrogen-bond acceptors (Lipinski definition) is 2. The van der Waals surface area contributed by atoms with Crippen molar-refractivity contribution in [3.63, 3.8) is 0 Å². The summed E-state index contributed by atoms with van der Waals surface area (Å²) in [6.45, 7) is 1.81. The van der Waals surface area contributed by atoms with E-state index in [4.69, 9.17) is 0 Å². The maximum Gasteiger partial charge on any atom is 0.132 e. The lowest BCUT2D eigenvalue weighted by atomic mass is 10.1. The highest BCUT2D eigenvalue weighted by Crippen LogP contribution is 2.22. The van der Waals surface area contributed by atoms with E-state index in [-0.39, 0.29) is 5.82 Å². The Bertz CT molecular complexity index is 462. The van der Waals surface area contributed by atoms with Gasteiger partial charge in [0.1, 0.15) is 11.5 Å². The molecule has 0 saturated heterocycles. The van der Waals surface area contributed by atoms with Crippen LogP contribution in [-0.4, -0.2) is 15.0 Å². The molecule has 0 amide bonds. The zero-order valence-electron chi connectivity index (χ0n) is 8.03. The number of aryl methyl sites for hydroxylation is 2. The molecular formula is C10H10FN3. The predicted octanol–water partition coefficient (Wildman–Crippen LogP) is 1.93. The molecule has 14 heavy (non-hydrogen) atoms. The van der Waals surface area contributed by atoms with Crippen molar-refractivity contribution >= 4 is 0 Å². The normalized spacial score (nSPS) is 10.5. The SMILES string of the molecule is Cc1nn(C)nc1-c1ccccc1F. The van der Waals surface area contributed by atoms with E-state index in [2.05, 4.69) is 10.2 Å². The van der Waals surface area contributed by atoms with Crippen molar-refractivity contribution < 1.29 is 4.39 Å². The van der Waals surface area contributed by atoms with E-state index in [1.807, 2.05) is 6.92 Å². The van der Waals surface area contributed by atoms with E-state index in [9.17, 15) is 4.39 Å². The van der Waals surface area contributed by atoms with Crippen molar-refractivity contribution in [1.29, 1.82) is 0 Å².